The van der Waals surface area contributed by atoms with E-state index in [0.717, 1.165) is 24.7 Å². The van der Waals surface area contributed by atoms with Gasteiger partial charge in [-0.15, -0.1) is 0 Å². The lowest BCUT2D eigenvalue weighted by Gasteiger charge is -1.95. The SMILES string of the molecule is CCCNCc1nc(C2CC2)no1. The lowest BCUT2D eigenvalue weighted by Crippen LogP contribution is -2.13. The third-order valence-electron chi connectivity index (χ3n) is 2.13. The molecule has 0 bridgehead atoms. The molecule has 1 aliphatic carbocycles. The summed E-state index contributed by atoms with van der Waals surface area (Å²) in [5.41, 5.74) is 0. The minimum Gasteiger partial charge on any atom is -0.338 e. The summed E-state index contributed by atoms with van der Waals surface area (Å²) in [7, 11) is 0. The van der Waals surface area contributed by atoms with Gasteiger partial charge in [-0.05, 0) is 25.8 Å². The predicted molar refractivity (Wildman–Crippen MR) is 48.3 cm³/mol. The zero-order valence-electron chi connectivity index (χ0n) is 7.92. The molecule has 72 valence electrons. The molecule has 4 nitrogen and oxygen atoms in total. The number of rotatable bonds is 5. The molecule has 1 aromatic heterocycles. The zero-order chi connectivity index (χ0) is 9.10. The highest BCUT2D eigenvalue weighted by molar-refractivity contribution is 5.03. The molecule has 13 heavy (non-hydrogen) atoms. The van der Waals surface area contributed by atoms with Gasteiger partial charge in [0.1, 0.15) is 0 Å². The number of nitrogens with zero attached hydrogens (tertiary/aromatic N) is 2. The first-order chi connectivity index (χ1) is 6.40. The summed E-state index contributed by atoms with van der Waals surface area (Å²) < 4.78 is 5.09. The van der Waals surface area contributed by atoms with Gasteiger partial charge in [0.05, 0.1) is 6.54 Å². The topological polar surface area (TPSA) is 51.0 Å². The second-order valence-corrected chi connectivity index (χ2v) is 3.50. The van der Waals surface area contributed by atoms with E-state index in [-0.39, 0.29) is 0 Å². The fraction of sp³-hybridized carbons (Fsp3) is 0.778. The van der Waals surface area contributed by atoms with Crippen molar-refractivity contribution in [1.82, 2.24) is 15.5 Å². The Kier molecular flexibility index (Phi) is 2.59. The second-order valence-electron chi connectivity index (χ2n) is 3.50. The fourth-order valence-corrected chi connectivity index (χ4v) is 1.22. The fourth-order valence-electron chi connectivity index (χ4n) is 1.22. The molecule has 0 unspecified atom stereocenters. The van der Waals surface area contributed by atoms with E-state index in [1.165, 1.54) is 12.8 Å². The van der Waals surface area contributed by atoms with Crippen LogP contribution in [-0.2, 0) is 6.54 Å². The molecule has 0 atom stereocenters. The first kappa shape index (κ1) is 8.69. The molecule has 1 aliphatic rings. The van der Waals surface area contributed by atoms with Crippen molar-refractivity contribution >= 4 is 0 Å². The van der Waals surface area contributed by atoms with Crippen LogP contribution in [0.2, 0.25) is 0 Å². The Morgan fingerprint density at radius 3 is 3.08 bits per heavy atom. The van der Waals surface area contributed by atoms with Gasteiger partial charge in [-0.3, -0.25) is 0 Å². The molecule has 0 aromatic carbocycles. The van der Waals surface area contributed by atoms with Crippen molar-refractivity contribution in [1.29, 1.82) is 0 Å². The molecule has 1 saturated carbocycles. The van der Waals surface area contributed by atoms with Gasteiger partial charge in [-0.2, -0.15) is 4.98 Å². The van der Waals surface area contributed by atoms with Crippen LogP contribution >= 0.6 is 0 Å². The highest BCUT2D eigenvalue weighted by atomic mass is 16.5. The van der Waals surface area contributed by atoms with Crippen LogP contribution in [-0.4, -0.2) is 16.7 Å². The Balaban J connectivity index is 1.82. The average Bonchev–Trinajstić information content (AvgIpc) is 2.88. The number of hydrogen-bond donors (Lipinski definition) is 1. The van der Waals surface area contributed by atoms with Crippen molar-refractivity contribution in [2.24, 2.45) is 0 Å². The van der Waals surface area contributed by atoms with Crippen molar-refractivity contribution in [3.63, 3.8) is 0 Å². The van der Waals surface area contributed by atoms with E-state index in [1.807, 2.05) is 0 Å². The first-order valence-corrected chi connectivity index (χ1v) is 4.93. The highest BCUT2D eigenvalue weighted by Crippen LogP contribution is 2.37. The summed E-state index contributed by atoms with van der Waals surface area (Å²) in [5.74, 6) is 2.20. The maximum Gasteiger partial charge on any atom is 0.240 e. The van der Waals surface area contributed by atoms with Gasteiger partial charge < -0.3 is 9.84 Å². The van der Waals surface area contributed by atoms with E-state index < -0.39 is 0 Å². The number of aromatic nitrogens is 2. The summed E-state index contributed by atoms with van der Waals surface area (Å²) in [6.45, 7) is 3.84. The standard InChI is InChI=1S/C9H15N3O/c1-2-5-10-6-8-11-9(12-13-8)7-3-4-7/h7,10H,2-6H2,1H3. The van der Waals surface area contributed by atoms with Crippen LogP contribution < -0.4 is 5.32 Å². The molecule has 1 fully saturated rings. The van der Waals surface area contributed by atoms with Crippen LogP contribution in [0.25, 0.3) is 0 Å². The zero-order valence-corrected chi connectivity index (χ0v) is 7.92. The highest BCUT2D eigenvalue weighted by Gasteiger charge is 2.28. The first-order valence-electron chi connectivity index (χ1n) is 4.93. The van der Waals surface area contributed by atoms with Crippen molar-refractivity contribution in [2.45, 2.75) is 38.6 Å². The van der Waals surface area contributed by atoms with Crippen LogP contribution in [0.1, 0.15) is 43.8 Å². The molecule has 1 aromatic rings. The molecule has 0 saturated heterocycles. The van der Waals surface area contributed by atoms with E-state index in [1.54, 1.807) is 0 Å². The maximum atomic E-state index is 5.09. The van der Waals surface area contributed by atoms with Crippen LogP contribution in [0.15, 0.2) is 4.52 Å². The summed E-state index contributed by atoms with van der Waals surface area (Å²) in [4.78, 5) is 4.30. The Labute approximate surface area is 77.7 Å². The third-order valence-corrected chi connectivity index (χ3v) is 2.13. The molecule has 0 spiro atoms. The van der Waals surface area contributed by atoms with Gasteiger partial charge in [-0.25, -0.2) is 0 Å². The van der Waals surface area contributed by atoms with Gasteiger partial charge >= 0.3 is 0 Å². The summed E-state index contributed by atoms with van der Waals surface area (Å²) in [6.07, 6.45) is 3.58. The monoisotopic (exact) mass is 181 g/mol. The number of hydrogen-bond acceptors (Lipinski definition) is 4. The van der Waals surface area contributed by atoms with Gasteiger partial charge in [0.25, 0.3) is 0 Å². The molecule has 0 amide bonds. The van der Waals surface area contributed by atoms with Gasteiger partial charge in [-0.1, -0.05) is 12.1 Å². The molecular weight excluding hydrogens is 166 g/mol. The minimum absolute atomic E-state index is 0.587. The molecule has 2 rings (SSSR count). The Bertz CT molecular complexity index is 268. The molecule has 0 aliphatic heterocycles. The lowest BCUT2D eigenvalue weighted by atomic mass is 10.4. The summed E-state index contributed by atoms with van der Waals surface area (Å²) in [6, 6.07) is 0. The Morgan fingerprint density at radius 1 is 1.54 bits per heavy atom. The van der Waals surface area contributed by atoms with Crippen LogP contribution in [0.3, 0.4) is 0 Å². The number of nitrogens with one attached hydrogen (secondary N) is 1. The van der Waals surface area contributed by atoms with E-state index in [4.69, 9.17) is 4.52 Å². The van der Waals surface area contributed by atoms with Crippen molar-refractivity contribution in [3.8, 4) is 0 Å². The van der Waals surface area contributed by atoms with Crippen LogP contribution in [0.4, 0.5) is 0 Å². The van der Waals surface area contributed by atoms with E-state index in [0.29, 0.717) is 12.5 Å². The summed E-state index contributed by atoms with van der Waals surface area (Å²) in [5, 5.41) is 7.16. The van der Waals surface area contributed by atoms with E-state index in [9.17, 15) is 0 Å². The van der Waals surface area contributed by atoms with Crippen molar-refractivity contribution < 1.29 is 4.52 Å². The second kappa shape index (κ2) is 3.87. The van der Waals surface area contributed by atoms with Crippen molar-refractivity contribution in [2.75, 3.05) is 6.54 Å². The Hall–Kier alpha value is -0.900. The van der Waals surface area contributed by atoms with E-state index >= 15 is 0 Å². The predicted octanol–water partition coefficient (Wildman–Crippen LogP) is 1.45. The van der Waals surface area contributed by atoms with Gasteiger partial charge in [0, 0.05) is 5.92 Å². The summed E-state index contributed by atoms with van der Waals surface area (Å²) >= 11 is 0. The molecule has 1 N–H and O–H groups in total. The maximum absolute atomic E-state index is 5.09. The quantitative estimate of drug-likeness (QED) is 0.698. The normalized spacial score (nSPS) is 16.4. The van der Waals surface area contributed by atoms with Gasteiger partial charge in [0.2, 0.25) is 5.89 Å². The Morgan fingerprint density at radius 2 is 2.38 bits per heavy atom. The average molecular weight is 181 g/mol. The molecule has 0 radical (unpaired) electrons. The largest absolute Gasteiger partial charge is 0.338 e. The van der Waals surface area contributed by atoms with E-state index in [2.05, 4.69) is 22.4 Å². The minimum atomic E-state index is 0.587. The molecular formula is C9H15N3O. The lowest BCUT2D eigenvalue weighted by molar-refractivity contribution is 0.363. The van der Waals surface area contributed by atoms with Gasteiger partial charge in [0.15, 0.2) is 5.82 Å². The van der Waals surface area contributed by atoms with Crippen LogP contribution in [0.5, 0.6) is 0 Å². The molecule has 4 heteroatoms. The smallest absolute Gasteiger partial charge is 0.240 e. The van der Waals surface area contributed by atoms with Crippen LogP contribution in [0, 0.1) is 0 Å². The third kappa shape index (κ3) is 2.28. The molecule has 1 heterocycles. The van der Waals surface area contributed by atoms with Crippen molar-refractivity contribution in [3.05, 3.63) is 11.7 Å².